The molecule has 6 heteroatoms. The van der Waals surface area contributed by atoms with Crippen LogP contribution in [0.15, 0.2) is 45.2 Å². The van der Waals surface area contributed by atoms with Gasteiger partial charge in [0.05, 0.1) is 0 Å². The quantitative estimate of drug-likeness (QED) is 0.547. The third-order valence-corrected chi connectivity index (χ3v) is 3.22. The Morgan fingerprint density at radius 2 is 1.24 bits per heavy atom. The van der Waals surface area contributed by atoms with E-state index in [4.69, 9.17) is 20.3 Å². The van der Waals surface area contributed by atoms with Crippen molar-refractivity contribution in [2.75, 3.05) is 11.5 Å². The molecule has 4 rings (SSSR count). The Morgan fingerprint density at radius 3 is 1.71 bits per heavy atom. The van der Waals surface area contributed by atoms with E-state index in [0.717, 1.165) is 11.0 Å². The summed E-state index contributed by atoms with van der Waals surface area (Å²) in [6, 6.07) is 10.7. The minimum atomic E-state index is 0.378. The Morgan fingerprint density at radius 1 is 0.762 bits per heavy atom. The number of benzene rings is 2. The fourth-order valence-corrected chi connectivity index (χ4v) is 2.26. The molecule has 0 fully saturated rings. The van der Waals surface area contributed by atoms with Crippen molar-refractivity contribution >= 4 is 33.6 Å². The Labute approximate surface area is 119 Å². The molecule has 0 saturated carbocycles. The Balaban J connectivity index is 1.71. The molecular weight excluding hydrogens is 268 g/mol. The third-order valence-electron chi connectivity index (χ3n) is 3.22. The summed E-state index contributed by atoms with van der Waals surface area (Å²) >= 11 is 0. The van der Waals surface area contributed by atoms with Gasteiger partial charge in [0.15, 0.2) is 11.2 Å². The van der Waals surface area contributed by atoms with Crippen molar-refractivity contribution in [3.05, 3.63) is 48.2 Å². The van der Waals surface area contributed by atoms with Gasteiger partial charge >= 0.3 is 0 Å². The van der Waals surface area contributed by atoms with Crippen molar-refractivity contribution in [3.63, 3.8) is 0 Å². The molecule has 2 aromatic heterocycles. The smallest absolute Gasteiger partial charge is 0.204 e. The van der Waals surface area contributed by atoms with Crippen LogP contribution in [0.2, 0.25) is 0 Å². The number of anilines is 2. The van der Waals surface area contributed by atoms with Gasteiger partial charge in [0.2, 0.25) is 11.8 Å². The van der Waals surface area contributed by atoms with Crippen LogP contribution in [-0.2, 0) is 6.42 Å². The second kappa shape index (κ2) is 4.24. The van der Waals surface area contributed by atoms with E-state index < -0.39 is 0 Å². The largest absolute Gasteiger partial charge is 0.440 e. The SMILES string of the molecule is Nc1ccc2nc(Cc3nc4ccc(N)cc4o3)oc2c1. The Hall–Kier alpha value is -3.02. The first-order valence-electron chi connectivity index (χ1n) is 6.47. The zero-order chi connectivity index (χ0) is 14.4. The maximum absolute atomic E-state index is 5.72. The van der Waals surface area contributed by atoms with Crippen molar-refractivity contribution in [1.29, 1.82) is 0 Å². The van der Waals surface area contributed by atoms with Gasteiger partial charge in [-0.25, -0.2) is 9.97 Å². The highest BCUT2D eigenvalue weighted by Crippen LogP contribution is 2.23. The Bertz CT molecular complexity index is 877. The molecule has 104 valence electrons. The molecule has 0 unspecified atom stereocenters. The van der Waals surface area contributed by atoms with Crippen LogP contribution in [0.1, 0.15) is 11.8 Å². The summed E-state index contributed by atoms with van der Waals surface area (Å²) in [7, 11) is 0. The molecule has 0 radical (unpaired) electrons. The first-order valence-corrected chi connectivity index (χ1v) is 6.47. The molecule has 4 aromatic rings. The van der Waals surface area contributed by atoms with Gasteiger partial charge in [-0.1, -0.05) is 0 Å². The molecule has 21 heavy (non-hydrogen) atoms. The minimum Gasteiger partial charge on any atom is -0.440 e. The van der Waals surface area contributed by atoms with E-state index in [0.29, 0.717) is 40.7 Å². The minimum absolute atomic E-state index is 0.378. The van der Waals surface area contributed by atoms with Crippen LogP contribution in [-0.4, -0.2) is 9.97 Å². The molecule has 0 aliphatic carbocycles. The molecule has 0 saturated heterocycles. The van der Waals surface area contributed by atoms with Gasteiger partial charge in [-0.2, -0.15) is 0 Å². The second-order valence-electron chi connectivity index (χ2n) is 4.85. The number of nitrogens with zero attached hydrogens (tertiary/aromatic N) is 2. The summed E-state index contributed by atoms with van der Waals surface area (Å²) in [4.78, 5) is 8.78. The predicted octanol–water partition coefficient (Wildman–Crippen LogP) is 2.72. The van der Waals surface area contributed by atoms with E-state index in [2.05, 4.69) is 9.97 Å². The average molecular weight is 280 g/mol. The van der Waals surface area contributed by atoms with Gasteiger partial charge in [-0.3, -0.25) is 0 Å². The van der Waals surface area contributed by atoms with Gasteiger partial charge in [0.25, 0.3) is 0 Å². The average Bonchev–Trinajstić information content (AvgIpc) is 3.00. The summed E-state index contributed by atoms with van der Waals surface area (Å²) in [6.45, 7) is 0. The van der Waals surface area contributed by atoms with E-state index in [-0.39, 0.29) is 0 Å². The van der Waals surface area contributed by atoms with Crippen molar-refractivity contribution in [2.45, 2.75) is 6.42 Å². The maximum Gasteiger partial charge on any atom is 0.204 e. The van der Waals surface area contributed by atoms with E-state index >= 15 is 0 Å². The number of nitrogens with two attached hydrogens (primary N) is 2. The van der Waals surface area contributed by atoms with Crippen LogP contribution >= 0.6 is 0 Å². The maximum atomic E-state index is 5.72. The summed E-state index contributed by atoms with van der Waals surface area (Å²) in [5.41, 5.74) is 15.6. The van der Waals surface area contributed by atoms with Crippen molar-refractivity contribution in [2.24, 2.45) is 0 Å². The Kier molecular flexibility index (Phi) is 2.38. The molecule has 0 bridgehead atoms. The second-order valence-corrected chi connectivity index (χ2v) is 4.85. The van der Waals surface area contributed by atoms with Crippen LogP contribution in [0.4, 0.5) is 11.4 Å². The number of nitrogen functional groups attached to an aromatic ring is 2. The number of aromatic nitrogens is 2. The molecular formula is C15H12N4O2. The fourth-order valence-electron chi connectivity index (χ4n) is 2.26. The molecule has 4 N–H and O–H groups in total. The first kappa shape index (κ1) is 11.8. The van der Waals surface area contributed by atoms with Gasteiger partial charge < -0.3 is 20.3 Å². The van der Waals surface area contributed by atoms with Gasteiger partial charge in [0, 0.05) is 23.5 Å². The first-order chi connectivity index (χ1) is 10.2. The van der Waals surface area contributed by atoms with Crippen molar-refractivity contribution < 1.29 is 8.83 Å². The normalized spacial score (nSPS) is 11.4. The fraction of sp³-hybridized carbons (Fsp3) is 0.0667. The highest BCUT2D eigenvalue weighted by Gasteiger charge is 2.12. The standard InChI is InChI=1S/C15H12N4O2/c16-8-1-3-10-12(5-8)20-14(18-10)7-15-19-11-4-2-9(17)6-13(11)21-15/h1-6H,7,16-17H2. The van der Waals surface area contributed by atoms with Crippen molar-refractivity contribution in [3.8, 4) is 0 Å². The number of hydrogen-bond acceptors (Lipinski definition) is 6. The van der Waals surface area contributed by atoms with Gasteiger partial charge in [-0.05, 0) is 24.3 Å². The van der Waals surface area contributed by atoms with E-state index in [9.17, 15) is 0 Å². The predicted molar refractivity (Wildman–Crippen MR) is 79.6 cm³/mol. The number of rotatable bonds is 2. The summed E-state index contributed by atoms with van der Waals surface area (Å²) in [5.74, 6) is 1.07. The summed E-state index contributed by atoms with van der Waals surface area (Å²) < 4.78 is 11.3. The van der Waals surface area contributed by atoms with Crippen LogP contribution < -0.4 is 11.5 Å². The molecule has 0 aliphatic rings. The lowest BCUT2D eigenvalue weighted by atomic mass is 10.3. The van der Waals surface area contributed by atoms with E-state index in [1.54, 1.807) is 24.3 Å². The topological polar surface area (TPSA) is 104 Å². The highest BCUT2D eigenvalue weighted by molar-refractivity contribution is 5.77. The van der Waals surface area contributed by atoms with Crippen LogP contribution in [0.25, 0.3) is 22.2 Å². The lowest BCUT2D eigenvalue weighted by Gasteiger charge is -1.89. The lowest BCUT2D eigenvalue weighted by molar-refractivity contribution is 0.488. The zero-order valence-electron chi connectivity index (χ0n) is 11.0. The number of fused-ring (bicyclic) bond motifs is 2. The summed E-state index contributed by atoms with van der Waals surface area (Å²) in [6.07, 6.45) is 0.378. The molecule has 0 atom stereocenters. The molecule has 6 nitrogen and oxygen atoms in total. The third kappa shape index (κ3) is 2.06. The van der Waals surface area contributed by atoms with Crippen LogP contribution in [0, 0.1) is 0 Å². The molecule has 2 heterocycles. The van der Waals surface area contributed by atoms with E-state index in [1.165, 1.54) is 0 Å². The monoisotopic (exact) mass is 280 g/mol. The highest BCUT2D eigenvalue weighted by atomic mass is 16.4. The van der Waals surface area contributed by atoms with E-state index in [1.807, 2.05) is 12.1 Å². The molecule has 0 aliphatic heterocycles. The molecule has 0 amide bonds. The van der Waals surface area contributed by atoms with Gasteiger partial charge in [0.1, 0.15) is 17.5 Å². The molecule has 2 aromatic carbocycles. The number of oxazole rings is 2. The van der Waals surface area contributed by atoms with Crippen molar-refractivity contribution in [1.82, 2.24) is 9.97 Å². The van der Waals surface area contributed by atoms with Gasteiger partial charge in [-0.15, -0.1) is 0 Å². The van der Waals surface area contributed by atoms with Crippen LogP contribution in [0.3, 0.4) is 0 Å². The lowest BCUT2D eigenvalue weighted by Crippen LogP contribution is -1.87. The zero-order valence-corrected chi connectivity index (χ0v) is 11.0. The summed E-state index contributed by atoms with van der Waals surface area (Å²) in [5, 5.41) is 0. The van der Waals surface area contributed by atoms with Crippen LogP contribution in [0.5, 0.6) is 0 Å². The molecule has 0 spiro atoms. The number of hydrogen-bond donors (Lipinski definition) is 2.